The van der Waals surface area contributed by atoms with Crippen LogP contribution < -0.4 is 4.90 Å². The van der Waals surface area contributed by atoms with Crippen molar-refractivity contribution in [2.75, 3.05) is 18.1 Å². The number of ether oxygens (including phenoxy) is 1. The van der Waals surface area contributed by atoms with Gasteiger partial charge in [-0.2, -0.15) is 5.26 Å². The predicted molar refractivity (Wildman–Crippen MR) is 72.7 cm³/mol. The van der Waals surface area contributed by atoms with E-state index in [-0.39, 0.29) is 6.10 Å². The third-order valence-corrected chi connectivity index (χ3v) is 3.60. The number of aryl methyl sites for hydroxylation is 1. The maximum Gasteiger partial charge on any atom is 0.0994 e. The fourth-order valence-corrected chi connectivity index (χ4v) is 2.45. The molecular weight excluding hydrogens is 224 g/mol. The second-order valence-corrected chi connectivity index (χ2v) is 4.97. The highest BCUT2D eigenvalue weighted by molar-refractivity contribution is 5.54. The lowest BCUT2D eigenvalue weighted by Crippen LogP contribution is -2.48. The molecule has 18 heavy (non-hydrogen) atoms. The molecule has 1 saturated heterocycles. The molecule has 3 heteroatoms. The molecule has 0 aliphatic carbocycles. The first-order valence-electron chi connectivity index (χ1n) is 6.54. The van der Waals surface area contributed by atoms with Crippen molar-refractivity contribution in [3.05, 3.63) is 29.3 Å². The highest BCUT2D eigenvalue weighted by Gasteiger charge is 2.25. The van der Waals surface area contributed by atoms with Crippen LogP contribution >= 0.6 is 0 Å². The summed E-state index contributed by atoms with van der Waals surface area (Å²) >= 11 is 0. The van der Waals surface area contributed by atoms with Gasteiger partial charge in [0.2, 0.25) is 0 Å². The van der Waals surface area contributed by atoms with E-state index in [0.717, 1.165) is 30.7 Å². The third-order valence-electron chi connectivity index (χ3n) is 3.60. The molecule has 0 aromatic heterocycles. The van der Waals surface area contributed by atoms with Gasteiger partial charge >= 0.3 is 0 Å². The number of anilines is 1. The van der Waals surface area contributed by atoms with E-state index in [9.17, 15) is 0 Å². The molecule has 0 amide bonds. The summed E-state index contributed by atoms with van der Waals surface area (Å²) in [5.74, 6) is 0. The van der Waals surface area contributed by atoms with Crippen LogP contribution in [0.15, 0.2) is 18.2 Å². The van der Waals surface area contributed by atoms with Gasteiger partial charge in [-0.3, -0.25) is 0 Å². The molecule has 2 atom stereocenters. The monoisotopic (exact) mass is 244 g/mol. The minimum absolute atomic E-state index is 0.267. The van der Waals surface area contributed by atoms with Crippen molar-refractivity contribution in [3.63, 3.8) is 0 Å². The number of morpholine rings is 1. The van der Waals surface area contributed by atoms with E-state index in [4.69, 9.17) is 10.00 Å². The second kappa shape index (κ2) is 5.41. The van der Waals surface area contributed by atoms with Crippen molar-refractivity contribution in [1.82, 2.24) is 0 Å². The molecule has 0 N–H and O–H groups in total. The van der Waals surface area contributed by atoms with Gasteiger partial charge < -0.3 is 9.64 Å². The summed E-state index contributed by atoms with van der Waals surface area (Å²) in [7, 11) is 0. The molecule has 1 aliphatic rings. The predicted octanol–water partition coefficient (Wildman–Crippen LogP) is 2.87. The molecule has 0 bridgehead atoms. The van der Waals surface area contributed by atoms with Crippen LogP contribution in [0.5, 0.6) is 0 Å². The van der Waals surface area contributed by atoms with Gasteiger partial charge in [0.1, 0.15) is 0 Å². The lowest BCUT2D eigenvalue weighted by atomic mass is 10.1. The van der Waals surface area contributed by atoms with Crippen LogP contribution in [0, 0.1) is 18.3 Å². The first-order chi connectivity index (χ1) is 8.65. The van der Waals surface area contributed by atoms with E-state index in [1.54, 1.807) is 0 Å². The summed E-state index contributed by atoms with van der Waals surface area (Å²) in [6, 6.07) is 8.73. The standard InChI is InChI=1S/C15H20N2O/c1-4-14-10-18-12(3)9-17(14)15-6-5-13(8-16)11(2)7-15/h5-7,12,14H,4,9-10H2,1-3H3. The average Bonchev–Trinajstić information content (AvgIpc) is 2.38. The minimum Gasteiger partial charge on any atom is -0.375 e. The normalized spacial score (nSPS) is 23.8. The van der Waals surface area contributed by atoms with E-state index >= 15 is 0 Å². The van der Waals surface area contributed by atoms with E-state index in [1.807, 2.05) is 19.1 Å². The highest BCUT2D eigenvalue weighted by Crippen LogP contribution is 2.25. The van der Waals surface area contributed by atoms with Crippen molar-refractivity contribution in [1.29, 1.82) is 5.26 Å². The Balaban J connectivity index is 2.28. The Morgan fingerprint density at radius 3 is 2.89 bits per heavy atom. The quantitative estimate of drug-likeness (QED) is 0.802. The molecule has 1 aliphatic heterocycles. The molecule has 3 nitrogen and oxygen atoms in total. The molecule has 0 radical (unpaired) electrons. The second-order valence-electron chi connectivity index (χ2n) is 4.97. The van der Waals surface area contributed by atoms with Gasteiger partial charge in [-0.1, -0.05) is 6.92 Å². The van der Waals surface area contributed by atoms with Crippen LogP contribution in [0.3, 0.4) is 0 Å². The first-order valence-corrected chi connectivity index (χ1v) is 6.54. The van der Waals surface area contributed by atoms with E-state index in [1.165, 1.54) is 5.69 Å². The molecule has 1 aromatic rings. The van der Waals surface area contributed by atoms with E-state index in [0.29, 0.717) is 6.04 Å². The maximum atomic E-state index is 8.98. The van der Waals surface area contributed by atoms with Gasteiger partial charge in [0, 0.05) is 12.2 Å². The Bertz CT molecular complexity index is 464. The lowest BCUT2D eigenvalue weighted by molar-refractivity contribution is 0.0299. The molecule has 1 aromatic carbocycles. The number of nitriles is 1. The number of benzene rings is 1. The van der Waals surface area contributed by atoms with E-state index in [2.05, 4.69) is 30.9 Å². The van der Waals surface area contributed by atoms with Crippen molar-refractivity contribution in [3.8, 4) is 6.07 Å². The molecule has 2 unspecified atom stereocenters. The van der Waals surface area contributed by atoms with Crippen LogP contribution in [0.25, 0.3) is 0 Å². The number of rotatable bonds is 2. The van der Waals surface area contributed by atoms with E-state index < -0.39 is 0 Å². The van der Waals surface area contributed by atoms with Crippen molar-refractivity contribution >= 4 is 5.69 Å². The molecular formula is C15H20N2O. The summed E-state index contributed by atoms with van der Waals surface area (Å²) in [5, 5.41) is 8.98. The number of nitrogens with zero attached hydrogens (tertiary/aromatic N) is 2. The molecule has 0 saturated carbocycles. The Kier molecular flexibility index (Phi) is 3.88. The average molecular weight is 244 g/mol. The topological polar surface area (TPSA) is 36.3 Å². The summed E-state index contributed by atoms with van der Waals surface area (Å²) in [5.41, 5.74) is 3.01. The molecule has 2 rings (SSSR count). The van der Waals surface area contributed by atoms with Gasteiger partial charge in [0.15, 0.2) is 0 Å². The fourth-order valence-electron chi connectivity index (χ4n) is 2.45. The molecule has 1 fully saturated rings. The van der Waals surface area contributed by atoms with Crippen molar-refractivity contribution in [2.24, 2.45) is 0 Å². The zero-order valence-electron chi connectivity index (χ0n) is 11.3. The SMILES string of the molecule is CCC1COC(C)CN1c1ccc(C#N)c(C)c1. The van der Waals surface area contributed by atoms with Crippen LogP contribution in [-0.4, -0.2) is 25.3 Å². The Morgan fingerprint density at radius 2 is 2.28 bits per heavy atom. The fraction of sp³-hybridized carbons (Fsp3) is 0.533. The van der Waals surface area contributed by atoms with Crippen LogP contribution in [0.1, 0.15) is 31.4 Å². The van der Waals surface area contributed by atoms with Gasteiger partial charge in [-0.05, 0) is 44.0 Å². The molecule has 96 valence electrons. The Labute approximate surface area is 109 Å². The lowest BCUT2D eigenvalue weighted by Gasteiger charge is -2.40. The highest BCUT2D eigenvalue weighted by atomic mass is 16.5. The smallest absolute Gasteiger partial charge is 0.0994 e. The summed E-state index contributed by atoms with van der Waals surface area (Å²) in [6.07, 6.45) is 1.34. The summed E-state index contributed by atoms with van der Waals surface area (Å²) in [6.45, 7) is 8.00. The largest absolute Gasteiger partial charge is 0.375 e. The Hall–Kier alpha value is -1.53. The first kappa shape index (κ1) is 12.9. The van der Waals surface area contributed by atoms with Crippen LogP contribution in [0.2, 0.25) is 0 Å². The number of hydrogen-bond acceptors (Lipinski definition) is 3. The van der Waals surface area contributed by atoms with Crippen LogP contribution in [0.4, 0.5) is 5.69 Å². The molecule has 1 heterocycles. The third kappa shape index (κ3) is 2.49. The zero-order valence-corrected chi connectivity index (χ0v) is 11.3. The maximum absolute atomic E-state index is 8.98. The van der Waals surface area contributed by atoms with Crippen molar-refractivity contribution < 1.29 is 4.74 Å². The zero-order chi connectivity index (χ0) is 13.1. The minimum atomic E-state index is 0.267. The van der Waals surface area contributed by atoms with Gasteiger partial charge in [-0.25, -0.2) is 0 Å². The van der Waals surface area contributed by atoms with Gasteiger partial charge in [0.25, 0.3) is 0 Å². The van der Waals surface area contributed by atoms with Gasteiger partial charge in [0.05, 0.1) is 30.4 Å². The van der Waals surface area contributed by atoms with Gasteiger partial charge in [-0.15, -0.1) is 0 Å². The summed E-state index contributed by atoms with van der Waals surface area (Å²) < 4.78 is 5.71. The Morgan fingerprint density at radius 1 is 1.50 bits per heavy atom. The summed E-state index contributed by atoms with van der Waals surface area (Å²) in [4.78, 5) is 2.41. The number of hydrogen-bond donors (Lipinski definition) is 0. The molecule has 0 spiro atoms. The van der Waals surface area contributed by atoms with Crippen LogP contribution in [-0.2, 0) is 4.74 Å². The van der Waals surface area contributed by atoms with Crippen molar-refractivity contribution in [2.45, 2.75) is 39.3 Å².